The Bertz CT molecular complexity index is 631. The molecule has 1 heterocycles. The van der Waals surface area contributed by atoms with Gasteiger partial charge in [0.25, 0.3) is 5.91 Å². The van der Waals surface area contributed by atoms with Crippen molar-refractivity contribution < 1.29 is 4.79 Å². The zero-order valence-electron chi connectivity index (χ0n) is 12.8. The third-order valence-electron chi connectivity index (χ3n) is 3.48. The van der Waals surface area contributed by atoms with Gasteiger partial charge >= 0.3 is 0 Å². The molecule has 1 aromatic carbocycles. The number of rotatable bonds is 4. The van der Waals surface area contributed by atoms with Gasteiger partial charge in [-0.1, -0.05) is 25.4 Å². The summed E-state index contributed by atoms with van der Waals surface area (Å²) < 4.78 is 1.82. The lowest BCUT2D eigenvalue weighted by Gasteiger charge is -2.17. The van der Waals surface area contributed by atoms with E-state index >= 15 is 0 Å². The molecule has 0 saturated carbocycles. The molecule has 21 heavy (non-hydrogen) atoms. The van der Waals surface area contributed by atoms with Gasteiger partial charge in [-0.2, -0.15) is 5.10 Å². The summed E-state index contributed by atoms with van der Waals surface area (Å²) in [6.07, 6.45) is 1.65. The number of nitrogens with zero attached hydrogens (tertiary/aromatic N) is 3. The van der Waals surface area contributed by atoms with E-state index in [9.17, 15) is 4.79 Å². The third kappa shape index (κ3) is 3.10. The van der Waals surface area contributed by atoms with Gasteiger partial charge in [-0.25, -0.2) is 4.68 Å². The van der Waals surface area contributed by atoms with E-state index < -0.39 is 0 Å². The van der Waals surface area contributed by atoms with Crippen molar-refractivity contribution in [3.63, 3.8) is 0 Å². The SMILES string of the molecule is CCN(C)C(=O)c1cnn(-c2ccc(Cl)cc2)c1C(C)C. The highest BCUT2D eigenvalue weighted by Gasteiger charge is 2.22. The number of carbonyl (C=O) groups excluding carboxylic acids is 1. The van der Waals surface area contributed by atoms with Crippen molar-refractivity contribution in [2.24, 2.45) is 0 Å². The molecule has 0 radical (unpaired) electrons. The maximum absolute atomic E-state index is 12.5. The average molecular weight is 306 g/mol. The van der Waals surface area contributed by atoms with Gasteiger partial charge in [0.1, 0.15) is 0 Å². The van der Waals surface area contributed by atoms with Gasteiger partial charge in [-0.05, 0) is 37.1 Å². The number of benzene rings is 1. The molecule has 112 valence electrons. The lowest BCUT2D eigenvalue weighted by molar-refractivity contribution is 0.0801. The second kappa shape index (κ2) is 6.31. The first-order chi connectivity index (χ1) is 9.95. The average Bonchev–Trinajstić information content (AvgIpc) is 2.91. The number of hydrogen-bond donors (Lipinski definition) is 0. The Morgan fingerprint density at radius 3 is 2.48 bits per heavy atom. The highest BCUT2D eigenvalue weighted by molar-refractivity contribution is 6.30. The van der Waals surface area contributed by atoms with Crippen LogP contribution in [-0.2, 0) is 0 Å². The van der Waals surface area contributed by atoms with Crippen LogP contribution >= 0.6 is 11.6 Å². The Kier molecular flexibility index (Phi) is 4.68. The predicted molar refractivity (Wildman–Crippen MR) is 85.3 cm³/mol. The highest BCUT2D eigenvalue weighted by Crippen LogP contribution is 2.24. The molecule has 0 atom stereocenters. The largest absolute Gasteiger partial charge is 0.342 e. The smallest absolute Gasteiger partial charge is 0.257 e. The molecule has 0 unspecified atom stereocenters. The summed E-state index contributed by atoms with van der Waals surface area (Å²) >= 11 is 5.93. The van der Waals surface area contributed by atoms with Gasteiger partial charge in [0.15, 0.2) is 0 Å². The van der Waals surface area contributed by atoms with Gasteiger partial charge in [-0.15, -0.1) is 0 Å². The summed E-state index contributed by atoms with van der Waals surface area (Å²) in [5.41, 5.74) is 2.48. The zero-order chi connectivity index (χ0) is 15.6. The molecule has 4 nitrogen and oxygen atoms in total. The summed E-state index contributed by atoms with van der Waals surface area (Å²) in [6, 6.07) is 7.45. The maximum Gasteiger partial charge on any atom is 0.257 e. The second-order valence-electron chi connectivity index (χ2n) is 5.31. The first-order valence-corrected chi connectivity index (χ1v) is 7.42. The molecule has 2 aromatic rings. The molecule has 2 rings (SSSR count). The minimum absolute atomic E-state index is 0.00131. The van der Waals surface area contributed by atoms with Gasteiger partial charge in [0.2, 0.25) is 0 Å². The van der Waals surface area contributed by atoms with Crippen LogP contribution in [0.25, 0.3) is 5.69 Å². The Hall–Kier alpha value is -1.81. The monoisotopic (exact) mass is 305 g/mol. The van der Waals surface area contributed by atoms with Crippen molar-refractivity contribution in [1.29, 1.82) is 0 Å². The van der Waals surface area contributed by atoms with Gasteiger partial charge < -0.3 is 4.90 Å². The summed E-state index contributed by atoms with van der Waals surface area (Å²) in [7, 11) is 1.80. The van der Waals surface area contributed by atoms with Crippen LogP contribution in [-0.4, -0.2) is 34.2 Å². The minimum atomic E-state index is 0.00131. The Balaban J connectivity index is 2.51. The van der Waals surface area contributed by atoms with E-state index in [0.717, 1.165) is 11.4 Å². The van der Waals surface area contributed by atoms with Crippen LogP contribution in [0.3, 0.4) is 0 Å². The lowest BCUT2D eigenvalue weighted by atomic mass is 10.0. The molecule has 0 saturated heterocycles. The van der Waals surface area contributed by atoms with E-state index in [2.05, 4.69) is 18.9 Å². The minimum Gasteiger partial charge on any atom is -0.342 e. The van der Waals surface area contributed by atoms with Gasteiger partial charge in [-0.3, -0.25) is 4.79 Å². The fourth-order valence-corrected chi connectivity index (χ4v) is 2.34. The number of carbonyl (C=O) groups is 1. The van der Waals surface area contributed by atoms with Crippen molar-refractivity contribution in [3.8, 4) is 5.69 Å². The summed E-state index contributed by atoms with van der Waals surface area (Å²) in [6.45, 7) is 6.75. The quantitative estimate of drug-likeness (QED) is 0.863. The maximum atomic E-state index is 12.5. The normalized spacial score (nSPS) is 11.0. The first-order valence-electron chi connectivity index (χ1n) is 7.05. The van der Waals surface area contributed by atoms with Crippen LogP contribution in [0, 0.1) is 0 Å². The molecule has 0 aliphatic heterocycles. The van der Waals surface area contributed by atoms with Crippen molar-refractivity contribution in [3.05, 3.63) is 46.7 Å². The van der Waals surface area contributed by atoms with Crippen LogP contribution < -0.4 is 0 Å². The molecule has 0 aliphatic carbocycles. The van der Waals surface area contributed by atoms with Crippen LogP contribution in [0.1, 0.15) is 42.7 Å². The third-order valence-corrected chi connectivity index (χ3v) is 3.73. The summed E-state index contributed by atoms with van der Waals surface area (Å²) in [5, 5.41) is 5.08. The molecule has 0 aliphatic rings. The summed E-state index contributed by atoms with van der Waals surface area (Å²) in [4.78, 5) is 14.1. The molecule has 5 heteroatoms. The second-order valence-corrected chi connectivity index (χ2v) is 5.74. The molecule has 1 amide bonds. The van der Waals surface area contributed by atoms with Crippen molar-refractivity contribution in [2.75, 3.05) is 13.6 Å². The van der Waals surface area contributed by atoms with E-state index in [-0.39, 0.29) is 11.8 Å². The Morgan fingerprint density at radius 2 is 1.95 bits per heavy atom. The van der Waals surface area contributed by atoms with Crippen molar-refractivity contribution in [2.45, 2.75) is 26.7 Å². The van der Waals surface area contributed by atoms with E-state index in [1.807, 2.05) is 35.9 Å². The number of halogens is 1. The van der Waals surface area contributed by atoms with E-state index in [4.69, 9.17) is 11.6 Å². The van der Waals surface area contributed by atoms with Crippen LogP contribution in [0.5, 0.6) is 0 Å². The predicted octanol–water partition coefficient (Wildman–Crippen LogP) is 3.74. The fourth-order valence-electron chi connectivity index (χ4n) is 2.22. The molecular weight excluding hydrogens is 286 g/mol. The fraction of sp³-hybridized carbons (Fsp3) is 0.375. The standard InChI is InChI=1S/C16H20ClN3O/c1-5-19(4)16(21)14-10-18-20(15(14)11(2)3)13-8-6-12(17)7-9-13/h6-11H,5H2,1-4H3. The Morgan fingerprint density at radius 1 is 1.33 bits per heavy atom. The van der Waals surface area contributed by atoms with Crippen molar-refractivity contribution in [1.82, 2.24) is 14.7 Å². The van der Waals surface area contributed by atoms with E-state index in [1.54, 1.807) is 18.1 Å². The Labute approximate surface area is 130 Å². The molecular formula is C16H20ClN3O. The van der Waals surface area contributed by atoms with E-state index in [0.29, 0.717) is 17.1 Å². The summed E-state index contributed by atoms with van der Waals surface area (Å²) in [5.74, 6) is 0.189. The van der Waals surface area contributed by atoms with Gasteiger partial charge in [0, 0.05) is 18.6 Å². The molecule has 1 aromatic heterocycles. The van der Waals surface area contributed by atoms with Crippen LogP contribution in [0.15, 0.2) is 30.5 Å². The number of amides is 1. The number of aromatic nitrogens is 2. The van der Waals surface area contributed by atoms with Crippen LogP contribution in [0.4, 0.5) is 0 Å². The van der Waals surface area contributed by atoms with Crippen LogP contribution in [0.2, 0.25) is 5.02 Å². The van der Waals surface area contributed by atoms with Crippen molar-refractivity contribution >= 4 is 17.5 Å². The molecule has 0 fully saturated rings. The first kappa shape index (κ1) is 15.6. The molecule has 0 N–H and O–H groups in total. The number of hydrogen-bond acceptors (Lipinski definition) is 2. The zero-order valence-corrected chi connectivity index (χ0v) is 13.6. The van der Waals surface area contributed by atoms with Gasteiger partial charge in [0.05, 0.1) is 23.1 Å². The molecule has 0 bridgehead atoms. The topological polar surface area (TPSA) is 38.1 Å². The molecule has 0 spiro atoms. The van der Waals surface area contributed by atoms with E-state index in [1.165, 1.54) is 0 Å². The highest BCUT2D eigenvalue weighted by atomic mass is 35.5. The lowest BCUT2D eigenvalue weighted by Crippen LogP contribution is -2.27.